The van der Waals surface area contributed by atoms with Crippen molar-refractivity contribution in [3.05, 3.63) is 30.5 Å². The van der Waals surface area contributed by atoms with Gasteiger partial charge in [-0.05, 0) is 25.2 Å². The fourth-order valence-electron chi connectivity index (χ4n) is 2.79. The smallest absolute Gasteiger partial charge is 0.211 e. The summed E-state index contributed by atoms with van der Waals surface area (Å²) < 4.78 is 24.9. The Kier molecular flexibility index (Phi) is 4.21. The van der Waals surface area contributed by atoms with Gasteiger partial charge in [-0.25, -0.2) is 12.7 Å². The summed E-state index contributed by atoms with van der Waals surface area (Å²) in [5.41, 5.74) is 2.58. The van der Waals surface area contributed by atoms with E-state index in [-0.39, 0.29) is 0 Å². The van der Waals surface area contributed by atoms with Crippen LogP contribution in [0.3, 0.4) is 0 Å². The van der Waals surface area contributed by atoms with Gasteiger partial charge in [-0.1, -0.05) is 0 Å². The van der Waals surface area contributed by atoms with E-state index in [2.05, 4.69) is 20.2 Å². The maximum Gasteiger partial charge on any atom is 0.211 e. The van der Waals surface area contributed by atoms with Gasteiger partial charge in [0, 0.05) is 31.0 Å². The largest absolute Gasteiger partial charge is 0.285 e. The lowest BCUT2D eigenvalue weighted by molar-refractivity contribution is 0.265. The first-order chi connectivity index (χ1) is 10.5. The van der Waals surface area contributed by atoms with E-state index in [1.165, 1.54) is 6.26 Å². The molecule has 3 heterocycles. The fraction of sp³-hybridized carbons (Fsp3) is 0.500. The third-order valence-corrected chi connectivity index (χ3v) is 5.22. The minimum atomic E-state index is -3.10. The molecule has 22 heavy (non-hydrogen) atoms. The average molecular weight is 321 g/mol. The molecule has 1 aliphatic heterocycles. The molecule has 0 bridgehead atoms. The van der Waals surface area contributed by atoms with E-state index in [1.807, 2.05) is 0 Å². The van der Waals surface area contributed by atoms with E-state index in [0.29, 0.717) is 19.0 Å². The van der Waals surface area contributed by atoms with Crippen LogP contribution in [0, 0.1) is 5.92 Å². The first kappa shape index (κ1) is 15.1. The van der Waals surface area contributed by atoms with Crippen LogP contribution in [0.1, 0.15) is 18.5 Å². The summed E-state index contributed by atoms with van der Waals surface area (Å²) in [5.74, 6) is 0.303. The van der Waals surface area contributed by atoms with Crippen molar-refractivity contribution in [2.24, 2.45) is 5.92 Å². The number of piperidine rings is 1. The normalized spacial score (nSPS) is 20.1. The van der Waals surface area contributed by atoms with Crippen LogP contribution in [-0.4, -0.2) is 52.2 Å². The van der Waals surface area contributed by atoms with Crippen molar-refractivity contribution in [1.82, 2.24) is 24.5 Å². The standard InChI is InChI=1S/C14H19N5O2S/c1-22(20,21)19-4-2-3-11(10-19)5-13-8-16-14(9-15-13)12-6-17-18-7-12/h6-9,11H,2-5,10H2,1H3,(H,17,18)/t11-/m0/s1. The molecule has 1 atom stereocenters. The highest BCUT2D eigenvalue weighted by molar-refractivity contribution is 7.88. The van der Waals surface area contributed by atoms with Crippen molar-refractivity contribution < 1.29 is 8.42 Å². The molecule has 0 aliphatic carbocycles. The van der Waals surface area contributed by atoms with Crippen LogP contribution in [0.15, 0.2) is 24.8 Å². The molecular weight excluding hydrogens is 302 g/mol. The molecule has 0 unspecified atom stereocenters. The number of rotatable bonds is 4. The van der Waals surface area contributed by atoms with E-state index < -0.39 is 10.0 Å². The Morgan fingerprint density at radius 2 is 2.18 bits per heavy atom. The summed E-state index contributed by atoms with van der Waals surface area (Å²) >= 11 is 0. The summed E-state index contributed by atoms with van der Waals surface area (Å²) in [4.78, 5) is 8.84. The number of aromatic nitrogens is 4. The van der Waals surface area contributed by atoms with E-state index in [1.54, 1.807) is 29.1 Å². The van der Waals surface area contributed by atoms with Crippen molar-refractivity contribution in [1.29, 1.82) is 0 Å². The molecule has 0 spiro atoms. The van der Waals surface area contributed by atoms with Crippen molar-refractivity contribution in [3.8, 4) is 11.3 Å². The molecule has 2 aromatic rings. The number of aromatic amines is 1. The van der Waals surface area contributed by atoms with Crippen molar-refractivity contribution in [2.75, 3.05) is 19.3 Å². The predicted octanol–water partition coefficient (Wildman–Crippen LogP) is 1.08. The van der Waals surface area contributed by atoms with Gasteiger partial charge < -0.3 is 0 Å². The van der Waals surface area contributed by atoms with Gasteiger partial charge in [0.2, 0.25) is 10.0 Å². The Morgan fingerprint density at radius 1 is 1.32 bits per heavy atom. The molecule has 0 radical (unpaired) electrons. The van der Waals surface area contributed by atoms with Crippen LogP contribution >= 0.6 is 0 Å². The van der Waals surface area contributed by atoms with Crippen LogP contribution in [0.25, 0.3) is 11.3 Å². The molecule has 0 amide bonds. The number of nitrogens with zero attached hydrogens (tertiary/aromatic N) is 4. The lowest BCUT2D eigenvalue weighted by Crippen LogP contribution is -2.39. The first-order valence-electron chi connectivity index (χ1n) is 7.27. The lowest BCUT2D eigenvalue weighted by atomic mass is 9.95. The molecule has 7 nitrogen and oxygen atoms in total. The number of hydrogen-bond acceptors (Lipinski definition) is 5. The average Bonchev–Trinajstić information content (AvgIpc) is 3.02. The van der Waals surface area contributed by atoms with Gasteiger partial charge in [0.25, 0.3) is 0 Å². The second kappa shape index (κ2) is 6.13. The summed E-state index contributed by atoms with van der Waals surface area (Å²) in [7, 11) is -3.10. The third-order valence-electron chi connectivity index (χ3n) is 3.95. The maximum absolute atomic E-state index is 11.6. The molecule has 1 fully saturated rings. The quantitative estimate of drug-likeness (QED) is 0.910. The number of sulfonamides is 1. The van der Waals surface area contributed by atoms with Crippen LogP contribution in [-0.2, 0) is 16.4 Å². The topological polar surface area (TPSA) is 91.8 Å². The molecule has 1 aliphatic rings. The van der Waals surface area contributed by atoms with Gasteiger partial charge >= 0.3 is 0 Å². The van der Waals surface area contributed by atoms with Gasteiger partial charge in [0.05, 0.1) is 30.0 Å². The van der Waals surface area contributed by atoms with Crippen LogP contribution in [0.4, 0.5) is 0 Å². The lowest BCUT2D eigenvalue weighted by Gasteiger charge is -2.30. The first-order valence-corrected chi connectivity index (χ1v) is 9.12. The number of hydrogen-bond donors (Lipinski definition) is 1. The second-order valence-corrected chi connectivity index (χ2v) is 7.70. The van der Waals surface area contributed by atoms with E-state index in [0.717, 1.165) is 36.2 Å². The van der Waals surface area contributed by atoms with E-state index in [9.17, 15) is 8.42 Å². The summed E-state index contributed by atoms with van der Waals surface area (Å²) in [6.07, 6.45) is 10.9. The Balaban J connectivity index is 1.66. The number of H-pyrrole nitrogens is 1. The third kappa shape index (κ3) is 3.50. The molecule has 118 valence electrons. The SMILES string of the molecule is CS(=O)(=O)N1CCC[C@@H](Cc2cnc(-c3cn[nH]c3)cn2)C1. The van der Waals surface area contributed by atoms with Crippen LogP contribution in [0.2, 0.25) is 0 Å². The fourth-order valence-corrected chi connectivity index (χ4v) is 3.73. The highest BCUT2D eigenvalue weighted by Crippen LogP contribution is 2.22. The van der Waals surface area contributed by atoms with Crippen molar-refractivity contribution >= 4 is 10.0 Å². The molecular formula is C14H19N5O2S. The molecule has 3 rings (SSSR count). The Hall–Kier alpha value is -1.80. The minimum absolute atomic E-state index is 0.303. The maximum atomic E-state index is 11.6. The van der Waals surface area contributed by atoms with E-state index in [4.69, 9.17) is 0 Å². The van der Waals surface area contributed by atoms with E-state index >= 15 is 0 Å². The molecule has 1 N–H and O–H groups in total. The predicted molar refractivity (Wildman–Crippen MR) is 82.5 cm³/mol. The molecule has 2 aromatic heterocycles. The number of nitrogens with one attached hydrogen (secondary N) is 1. The van der Waals surface area contributed by atoms with Gasteiger partial charge in [0.1, 0.15) is 0 Å². The van der Waals surface area contributed by atoms with Crippen LogP contribution in [0.5, 0.6) is 0 Å². The van der Waals surface area contributed by atoms with Gasteiger partial charge in [-0.3, -0.25) is 15.1 Å². The monoisotopic (exact) mass is 321 g/mol. The van der Waals surface area contributed by atoms with Crippen molar-refractivity contribution in [2.45, 2.75) is 19.3 Å². The Labute approximate surface area is 129 Å². The highest BCUT2D eigenvalue weighted by Gasteiger charge is 2.26. The zero-order chi connectivity index (χ0) is 15.6. The zero-order valence-corrected chi connectivity index (χ0v) is 13.3. The minimum Gasteiger partial charge on any atom is -0.285 e. The van der Waals surface area contributed by atoms with Crippen molar-refractivity contribution in [3.63, 3.8) is 0 Å². The summed E-state index contributed by atoms with van der Waals surface area (Å²) in [5, 5.41) is 6.64. The van der Waals surface area contributed by atoms with Gasteiger partial charge in [-0.15, -0.1) is 0 Å². The Bertz CT molecular complexity index is 712. The van der Waals surface area contributed by atoms with Crippen LogP contribution < -0.4 is 0 Å². The zero-order valence-electron chi connectivity index (χ0n) is 12.4. The molecule has 0 aromatic carbocycles. The Morgan fingerprint density at radius 3 is 2.82 bits per heavy atom. The summed E-state index contributed by atoms with van der Waals surface area (Å²) in [6, 6.07) is 0. The molecule has 1 saturated heterocycles. The highest BCUT2D eigenvalue weighted by atomic mass is 32.2. The summed E-state index contributed by atoms with van der Waals surface area (Å²) in [6.45, 7) is 1.20. The molecule has 8 heteroatoms. The molecule has 0 saturated carbocycles. The van der Waals surface area contributed by atoms with Gasteiger partial charge in [0.15, 0.2) is 0 Å². The van der Waals surface area contributed by atoms with Gasteiger partial charge in [-0.2, -0.15) is 5.10 Å². The second-order valence-electron chi connectivity index (χ2n) is 5.71.